The van der Waals surface area contributed by atoms with Gasteiger partial charge in [-0.2, -0.15) is 0 Å². The third kappa shape index (κ3) is 2.82. The zero-order valence-electron chi connectivity index (χ0n) is 12.3. The van der Waals surface area contributed by atoms with E-state index in [-0.39, 0.29) is 6.04 Å². The van der Waals surface area contributed by atoms with Gasteiger partial charge in [0.05, 0.1) is 17.2 Å². The number of nitrogens with one attached hydrogen (secondary N) is 1. The van der Waals surface area contributed by atoms with Gasteiger partial charge in [-0.1, -0.05) is 25.1 Å². The van der Waals surface area contributed by atoms with Crippen molar-refractivity contribution in [1.82, 2.24) is 15.3 Å². The van der Waals surface area contributed by atoms with Crippen LogP contribution in [0.15, 0.2) is 42.2 Å². The SMILES string of the molecule is CCCNC(c1scnc1C)c1cccc2cnccc12. The summed E-state index contributed by atoms with van der Waals surface area (Å²) in [6.07, 6.45) is 4.90. The van der Waals surface area contributed by atoms with Gasteiger partial charge in [-0.15, -0.1) is 11.3 Å². The van der Waals surface area contributed by atoms with E-state index in [0.717, 1.165) is 18.7 Å². The highest BCUT2D eigenvalue weighted by atomic mass is 32.1. The van der Waals surface area contributed by atoms with E-state index in [2.05, 4.69) is 53.4 Å². The number of rotatable bonds is 5. The summed E-state index contributed by atoms with van der Waals surface area (Å²) in [5.74, 6) is 0. The van der Waals surface area contributed by atoms with Crippen LogP contribution in [-0.2, 0) is 0 Å². The number of fused-ring (bicyclic) bond motifs is 1. The largest absolute Gasteiger partial charge is 0.306 e. The van der Waals surface area contributed by atoms with Gasteiger partial charge in [-0.05, 0) is 36.9 Å². The highest BCUT2D eigenvalue weighted by Gasteiger charge is 2.19. The van der Waals surface area contributed by atoms with Crippen molar-refractivity contribution in [3.05, 3.63) is 58.3 Å². The summed E-state index contributed by atoms with van der Waals surface area (Å²) < 4.78 is 0. The number of aromatic nitrogens is 2. The summed E-state index contributed by atoms with van der Waals surface area (Å²) >= 11 is 1.72. The maximum atomic E-state index is 4.42. The Labute approximate surface area is 129 Å². The molecule has 0 aliphatic heterocycles. The molecule has 0 aliphatic carbocycles. The highest BCUT2D eigenvalue weighted by molar-refractivity contribution is 7.09. The molecule has 3 rings (SSSR count). The first-order valence-electron chi connectivity index (χ1n) is 7.27. The first kappa shape index (κ1) is 14.2. The Kier molecular flexibility index (Phi) is 4.27. The predicted molar refractivity (Wildman–Crippen MR) is 88.7 cm³/mol. The molecule has 2 aromatic heterocycles. The van der Waals surface area contributed by atoms with E-state index < -0.39 is 0 Å². The Morgan fingerprint density at radius 1 is 1.29 bits per heavy atom. The van der Waals surface area contributed by atoms with Crippen LogP contribution in [0.3, 0.4) is 0 Å². The second-order valence-electron chi connectivity index (χ2n) is 5.13. The molecule has 2 heterocycles. The molecule has 1 aromatic carbocycles. The van der Waals surface area contributed by atoms with Gasteiger partial charge in [0.15, 0.2) is 0 Å². The molecule has 21 heavy (non-hydrogen) atoms. The molecule has 0 bridgehead atoms. The molecule has 0 saturated heterocycles. The minimum atomic E-state index is 0.198. The van der Waals surface area contributed by atoms with Crippen molar-refractivity contribution < 1.29 is 0 Å². The van der Waals surface area contributed by atoms with Crippen molar-refractivity contribution in [3.8, 4) is 0 Å². The van der Waals surface area contributed by atoms with Gasteiger partial charge < -0.3 is 5.32 Å². The van der Waals surface area contributed by atoms with Crippen molar-refractivity contribution in [3.63, 3.8) is 0 Å². The number of pyridine rings is 1. The zero-order chi connectivity index (χ0) is 14.7. The lowest BCUT2D eigenvalue weighted by Crippen LogP contribution is -2.23. The molecule has 0 fully saturated rings. The summed E-state index contributed by atoms with van der Waals surface area (Å²) in [4.78, 5) is 9.94. The fourth-order valence-electron chi connectivity index (χ4n) is 2.62. The normalized spacial score (nSPS) is 12.7. The third-order valence-corrected chi connectivity index (χ3v) is 4.66. The summed E-state index contributed by atoms with van der Waals surface area (Å²) in [6.45, 7) is 5.26. The Balaban J connectivity index is 2.12. The van der Waals surface area contributed by atoms with Gasteiger partial charge in [0.2, 0.25) is 0 Å². The van der Waals surface area contributed by atoms with Crippen molar-refractivity contribution in [2.24, 2.45) is 0 Å². The summed E-state index contributed by atoms with van der Waals surface area (Å²) in [5, 5.41) is 6.11. The lowest BCUT2D eigenvalue weighted by molar-refractivity contribution is 0.606. The smallest absolute Gasteiger partial charge is 0.0798 e. The molecule has 0 radical (unpaired) electrons. The summed E-state index contributed by atoms with van der Waals surface area (Å²) in [6, 6.07) is 8.72. The Hall–Kier alpha value is -1.78. The van der Waals surface area contributed by atoms with E-state index in [1.54, 1.807) is 11.3 Å². The first-order chi connectivity index (χ1) is 10.3. The standard InChI is InChI=1S/C17H19N3S/c1-3-8-19-16(17-12(2)20-11-21-17)15-6-4-5-13-10-18-9-7-14(13)15/h4-7,9-11,16,19H,3,8H2,1-2H3. The van der Waals surface area contributed by atoms with Crippen molar-refractivity contribution in [2.75, 3.05) is 6.54 Å². The van der Waals surface area contributed by atoms with Gasteiger partial charge in [-0.25, -0.2) is 4.98 Å². The fourth-order valence-corrected chi connectivity index (χ4v) is 3.51. The van der Waals surface area contributed by atoms with Crippen LogP contribution in [0.1, 0.15) is 35.5 Å². The molecule has 0 aliphatic rings. The number of nitrogens with zero attached hydrogens (tertiary/aromatic N) is 2. The van der Waals surface area contributed by atoms with Gasteiger partial charge in [0, 0.05) is 22.7 Å². The number of hydrogen-bond donors (Lipinski definition) is 1. The predicted octanol–water partition coefficient (Wildman–Crippen LogP) is 4.09. The van der Waals surface area contributed by atoms with Crippen LogP contribution in [0.5, 0.6) is 0 Å². The summed E-state index contributed by atoms with van der Waals surface area (Å²) in [5.41, 5.74) is 4.34. The van der Waals surface area contributed by atoms with Crippen LogP contribution < -0.4 is 5.32 Å². The molecule has 4 heteroatoms. The summed E-state index contributed by atoms with van der Waals surface area (Å²) in [7, 11) is 0. The third-order valence-electron chi connectivity index (χ3n) is 3.67. The van der Waals surface area contributed by atoms with Gasteiger partial charge in [0.25, 0.3) is 0 Å². The van der Waals surface area contributed by atoms with Gasteiger partial charge in [0.1, 0.15) is 0 Å². The minimum Gasteiger partial charge on any atom is -0.306 e. The monoisotopic (exact) mass is 297 g/mol. The molecule has 1 unspecified atom stereocenters. The van der Waals surface area contributed by atoms with Crippen molar-refractivity contribution in [1.29, 1.82) is 0 Å². The van der Waals surface area contributed by atoms with Crippen LogP contribution in [0.2, 0.25) is 0 Å². The molecule has 0 saturated carbocycles. The van der Waals surface area contributed by atoms with Crippen LogP contribution in [0.4, 0.5) is 0 Å². The molecule has 108 valence electrons. The first-order valence-corrected chi connectivity index (χ1v) is 8.15. The van der Waals surface area contributed by atoms with E-state index in [0.29, 0.717) is 0 Å². The molecule has 0 spiro atoms. The van der Waals surface area contributed by atoms with Crippen LogP contribution in [0, 0.1) is 6.92 Å². The maximum absolute atomic E-state index is 4.42. The van der Waals surface area contributed by atoms with E-state index in [1.807, 2.05) is 17.9 Å². The fraction of sp³-hybridized carbons (Fsp3) is 0.294. The lowest BCUT2D eigenvalue weighted by Gasteiger charge is -2.20. The molecule has 0 amide bonds. The highest BCUT2D eigenvalue weighted by Crippen LogP contribution is 2.32. The second kappa shape index (κ2) is 6.33. The van der Waals surface area contributed by atoms with Crippen LogP contribution in [0.25, 0.3) is 10.8 Å². The average molecular weight is 297 g/mol. The van der Waals surface area contributed by atoms with Crippen molar-refractivity contribution in [2.45, 2.75) is 26.3 Å². The Bertz CT molecular complexity index is 730. The average Bonchev–Trinajstić information content (AvgIpc) is 2.94. The lowest BCUT2D eigenvalue weighted by atomic mass is 9.98. The molecule has 3 aromatic rings. The number of thiazole rings is 1. The maximum Gasteiger partial charge on any atom is 0.0798 e. The topological polar surface area (TPSA) is 37.8 Å². The molecule has 1 atom stereocenters. The minimum absolute atomic E-state index is 0.198. The quantitative estimate of drug-likeness (QED) is 0.771. The van der Waals surface area contributed by atoms with Crippen LogP contribution >= 0.6 is 11.3 Å². The van der Waals surface area contributed by atoms with Crippen LogP contribution in [-0.4, -0.2) is 16.5 Å². The zero-order valence-corrected chi connectivity index (χ0v) is 13.2. The Morgan fingerprint density at radius 2 is 2.19 bits per heavy atom. The van der Waals surface area contributed by atoms with Gasteiger partial charge >= 0.3 is 0 Å². The van der Waals surface area contributed by atoms with E-state index in [1.165, 1.54) is 21.2 Å². The molecular weight excluding hydrogens is 278 g/mol. The van der Waals surface area contributed by atoms with E-state index >= 15 is 0 Å². The van der Waals surface area contributed by atoms with E-state index in [9.17, 15) is 0 Å². The van der Waals surface area contributed by atoms with Gasteiger partial charge in [-0.3, -0.25) is 4.98 Å². The molecule has 3 nitrogen and oxygen atoms in total. The Morgan fingerprint density at radius 3 is 2.95 bits per heavy atom. The molecular formula is C17H19N3S. The number of hydrogen-bond acceptors (Lipinski definition) is 4. The van der Waals surface area contributed by atoms with E-state index in [4.69, 9.17) is 0 Å². The van der Waals surface area contributed by atoms with Crippen molar-refractivity contribution >= 4 is 22.1 Å². The molecule has 1 N–H and O–H groups in total. The number of benzene rings is 1. The second-order valence-corrected chi connectivity index (χ2v) is 6.02. The number of aryl methyl sites for hydroxylation is 1.